The van der Waals surface area contributed by atoms with E-state index in [1.165, 1.54) is 0 Å². The number of nitrogens with zero attached hydrogens (tertiary/aromatic N) is 5. The molecule has 28 heavy (non-hydrogen) atoms. The molecule has 1 atom stereocenters. The number of fused-ring (bicyclic) bond motifs is 1. The Morgan fingerprint density at radius 2 is 2.07 bits per heavy atom. The Morgan fingerprint density at radius 1 is 1.29 bits per heavy atom. The molecule has 0 spiro atoms. The van der Waals surface area contributed by atoms with Crippen molar-refractivity contribution < 1.29 is 4.79 Å². The van der Waals surface area contributed by atoms with Gasteiger partial charge in [0.1, 0.15) is 0 Å². The molecule has 3 aromatic rings. The van der Waals surface area contributed by atoms with Crippen LogP contribution in [0, 0.1) is 13.8 Å². The van der Waals surface area contributed by atoms with E-state index in [9.17, 15) is 4.79 Å². The summed E-state index contributed by atoms with van der Waals surface area (Å²) in [6, 6.07) is 9.51. The first kappa shape index (κ1) is 20.5. The van der Waals surface area contributed by atoms with Crippen molar-refractivity contribution in [3.05, 3.63) is 58.1 Å². The minimum Gasteiger partial charge on any atom is -0.333 e. The standard InChI is InChI=1S/C19H21ClN6O.ClH/c1-12-9-13(2)26-19(22-12)23-17(24-26)10-18(27)25-8-7-21-11-16(25)14-5-3-4-6-15(14)20;/h3-6,9,16,21H,7-8,10-11H2,1-2H3;1H. The molecule has 0 bridgehead atoms. The largest absolute Gasteiger partial charge is 0.333 e. The van der Waals surface area contributed by atoms with E-state index in [-0.39, 0.29) is 30.8 Å². The molecule has 1 aliphatic rings. The Morgan fingerprint density at radius 3 is 2.86 bits per heavy atom. The predicted octanol–water partition coefficient (Wildman–Crippen LogP) is 2.53. The van der Waals surface area contributed by atoms with Gasteiger partial charge in [-0.25, -0.2) is 9.50 Å². The predicted molar refractivity (Wildman–Crippen MR) is 110 cm³/mol. The number of aromatic nitrogens is 4. The Hall–Kier alpha value is -2.22. The number of hydrogen-bond acceptors (Lipinski definition) is 5. The Kier molecular flexibility index (Phi) is 6.17. The number of nitrogens with one attached hydrogen (secondary N) is 1. The van der Waals surface area contributed by atoms with E-state index in [1.807, 2.05) is 49.1 Å². The fraction of sp³-hybridized carbons (Fsp3) is 0.368. The monoisotopic (exact) mass is 420 g/mol. The van der Waals surface area contributed by atoms with Crippen molar-refractivity contribution in [2.45, 2.75) is 26.3 Å². The molecule has 7 nitrogen and oxygen atoms in total. The third-order valence-electron chi connectivity index (χ3n) is 4.80. The highest BCUT2D eigenvalue weighted by Gasteiger charge is 2.29. The van der Waals surface area contributed by atoms with Crippen LogP contribution in [0.5, 0.6) is 0 Å². The van der Waals surface area contributed by atoms with Crippen LogP contribution in [-0.4, -0.2) is 50.0 Å². The van der Waals surface area contributed by atoms with Crippen molar-refractivity contribution >= 4 is 35.7 Å². The molecule has 1 fully saturated rings. The number of carbonyl (C=O) groups is 1. The van der Waals surface area contributed by atoms with E-state index in [0.717, 1.165) is 23.5 Å². The van der Waals surface area contributed by atoms with E-state index in [2.05, 4.69) is 20.4 Å². The van der Waals surface area contributed by atoms with Crippen LogP contribution >= 0.6 is 24.0 Å². The van der Waals surface area contributed by atoms with E-state index < -0.39 is 0 Å². The molecular formula is C19H22Cl2N6O. The molecule has 1 amide bonds. The molecular weight excluding hydrogens is 399 g/mol. The summed E-state index contributed by atoms with van der Waals surface area (Å²) in [6.07, 6.45) is 0.142. The molecule has 3 heterocycles. The topological polar surface area (TPSA) is 75.4 Å². The molecule has 1 saturated heterocycles. The van der Waals surface area contributed by atoms with Crippen LogP contribution in [0.3, 0.4) is 0 Å². The van der Waals surface area contributed by atoms with Gasteiger partial charge in [-0.3, -0.25) is 4.79 Å². The smallest absolute Gasteiger partial charge is 0.252 e. The summed E-state index contributed by atoms with van der Waals surface area (Å²) < 4.78 is 1.68. The first-order valence-electron chi connectivity index (χ1n) is 8.97. The van der Waals surface area contributed by atoms with Crippen molar-refractivity contribution in [2.24, 2.45) is 0 Å². The second-order valence-corrected chi connectivity index (χ2v) is 7.19. The molecule has 1 N–H and O–H groups in total. The highest BCUT2D eigenvalue weighted by molar-refractivity contribution is 6.31. The molecule has 9 heteroatoms. The van der Waals surface area contributed by atoms with Gasteiger partial charge in [0.25, 0.3) is 5.78 Å². The van der Waals surface area contributed by atoms with Crippen LogP contribution in [0.4, 0.5) is 0 Å². The third-order valence-corrected chi connectivity index (χ3v) is 5.14. The van der Waals surface area contributed by atoms with Crippen molar-refractivity contribution in [3.8, 4) is 0 Å². The van der Waals surface area contributed by atoms with E-state index in [4.69, 9.17) is 11.6 Å². The zero-order valence-electron chi connectivity index (χ0n) is 15.7. The maximum absolute atomic E-state index is 13.0. The van der Waals surface area contributed by atoms with Crippen LogP contribution in [0.25, 0.3) is 5.78 Å². The summed E-state index contributed by atoms with van der Waals surface area (Å²) in [5.74, 6) is 1.00. The second kappa shape index (κ2) is 8.43. The average Bonchev–Trinajstić information content (AvgIpc) is 3.05. The van der Waals surface area contributed by atoms with Gasteiger partial charge in [0, 0.05) is 36.0 Å². The molecule has 1 aromatic carbocycles. The van der Waals surface area contributed by atoms with Crippen LogP contribution < -0.4 is 5.32 Å². The first-order chi connectivity index (χ1) is 13.0. The maximum Gasteiger partial charge on any atom is 0.252 e. The van der Waals surface area contributed by atoms with Crippen molar-refractivity contribution in [3.63, 3.8) is 0 Å². The number of benzene rings is 1. The summed E-state index contributed by atoms with van der Waals surface area (Å²) in [7, 11) is 0. The Labute approximate surface area is 174 Å². The van der Waals surface area contributed by atoms with E-state index >= 15 is 0 Å². The van der Waals surface area contributed by atoms with Crippen molar-refractivity contribution in [2.75, 3.05) is 19.6 Å². The van der Waals surface area contributed by atoms with Gasteiger partial charge in [-0.1, -0.05) is 29.8 Å². The van der Waals surface area contributed by atoms with Crippen LogP contribution in [0.15, 0.2) is 30.3 Å². The first-order valence-corrected chi connectivity index (χ1v) is 9.35. The summed E-state index contributed by atoms with van der Waals surface area (Å²) in [5, 5.41) is 8.48. The summed E-state index contributed by atoms with van der Waals surface area (Å²) in [4.78, 5) is 23.7. The van der Waals surface area contributed by atoms with Gasteiger partial charge < -0.3 is 10.2 Å². The second-order valence-electron chi connectivity index (χ2n) is 6.78. The highest BCUT2D eigenvalue weighted by atomic mass is 35.5. The molecule has 1 unspecified atom stereocenters. The quantitative estimate of drug-likeness (QED) is 0.704. The van der Waals surface area contributed by atoms with Gasteiger partial charge >= 0.3 is 0 Å². The van der Waals surface area contributed by atoms with Gasteiger partial charge in [0.15, 0.2) is 5.82 Å². The molecule has 1 aliphatic heterocycles. The average molecular weight is 421 g/mol. The summed E-state index contributed by atoms with van der Waals surface area (Å²) in [5.41, 5.74) is 2.78. The number of rotatable bonds is 3. The zero-order chi connectivity index (χ0) is 19.0. The Bertz CT molecular complexity index is 1010. The zero-order valence-corrected chi connectivity index (χ0v) is 17.3. The van der Waals surface area contributed by atoms with Gasteiger partial charge in [-0.15, -0.1) is 17.5 Å². The van der Waals surface area contributed by atoms with Crippen molar-refractivity contribution in [1.82, 2.24) is 29.8 Å². The molecule has 0 saturated carbocycles. The molecule has 148 valence electrons. The fourth-order valence-corrected chi connectivity index (χ4v) is 3.81. The number of hydrogen-bond donors (Lipinski definition) is 1. The summed E-state index contributed by atoms with van der Waals surface area (Å²) in [6.45, 7) is 5.92. The number of piperazine rings is 1. The van der Waals surface area contributed by atoms with Gasteiger partial charge in [-0.05, 0) is 31.5 Å². The lowest BCUT2D eigenvalue weighted by Crippen LogP contribution is -2.49. The van der Waals surface area contributed by atoms with E-state index in [1.54, 1.807) is 4.52 Å². The molecule has 2 aromatic heterocycles. The number of carbonyl (C=O) groups excluding carboxylic acids is 1. The fourth-order valence-electron chi connectivity index (χ4n) is 3.55. The molecule has 0 aliphatic carbocycles. The number of amides is 1. The van der Waals surface area contributed by atoms with Crippen LogP contribution in [0.2, 0.25) is 5.02 Å². The minimum absolute atomic E-state index is 0. The lowest BCUT2D eigenvalue weighted by Gasteiger charge is -2.36. The third kappa shape index (κ3) is 3.97. The normalized spacial score (nSPS) is 16.8. The van der Waals surface area contributed by atoms with Crippen LogP contribution in [-0.2, 0) is 11.2 Å². The van der Waals surface area contributed by atoms with Gasteiger partial charge in [0.05, 0.1) is 12.5 Å². The number of aryl methyl sites for hydroxylation is 2. The SMILES string of the molecule is Cc1cc(C)n2nc(CC(=O)N3CCNCC3c3ccccc3Cl)nc2n1.Cl. The van der Waals surface area contributed by atoms with Crippen molar-refractivity contribution in [1.29, 1.82) is 0 Å². The lowest BCUT2D eigenvalue weighted by molar-refractivity contribution is -0.133. The number of halogens is 2. The van der Waals surface area contributed by atoms with Crippen LogP contribution in [0.1, 0.15) is 28.8 Å². The molecule has 0 radical (unpaired) electrons. The molecule has 4 rings (SSSR count). The summed E-state index contributed by atoms with van der Waals surface area (Å²) >= 11 is 6.37. The maximum atomic E-state index is 13.0. The van der Waals surface area contributed by atoms with E-state index in [0.29, 0.717) is 29.7 Å². The van der Waals surface area contributed by atoms with Gasteiger partial charge in [0.2, 0.25) is 5.91 Å². The highest BCUT2D eigenvalue weighted by Crippen LogP contribution is 2.28. The van der Waals surface area contributed by atoms with Gasteiger partial charge in [-0.2, -0.15) is 4.98 Å². The Balaban J connectivity index is 0.00000225. The lowest BCUT2D eigenvalue weighted by atomic mass is 10.0. The minimum atomic E-state index is -0.0981.